The smallest absolute Gasteiger partial charge is 0.0105 e. The van der Waals surface area contributed by atoms with Gasteiger partial charge in [0.2, 0.25) is 0 Å². The predicted molar refractivity (Wildman–Crippen MR) is 62.5 cm³/mol. The number of likely N-dealkylation sites (tertiary alicyclic amines) is 1. The summed E-state index contributed by atoms with van der Waals surface area (Å²) in [6.45, 7) is 10.8. The summed E-state index contributed by atoms with van der Waals surface area (Å²) in [5, 5.41) is 3.27. The summed E-state index contributed by atoms with van der Waals surface area (Å²) in [6, 6.07) is 0.731. The molecule has 0 spiro atoms. The number of hydrogen-bond acceptors (Lipinski definition) is 2. The van der Waals surface area contributed by atoms with Crippen molar-refractivity contribution >= 4 is 0 Å². The third-order valence-corrected chi connectivity index (χ3v) is 3.74. The molecule has 2 atom stereocenters. The van der Waals surface area contributed by atoms with Gasteiger partial charge < -0.3 is 10.2 Å². The van der Waals surface area contributed by atoms with Crippen molar-refractivity contribution in [1.82, 2.24) is 10.2 Å². The van der Waals surface area contributed by atoms with Gasteiger partial charge in [-0.3, -0.25) is 0 Å². The molecule has 0 bridgehead atoms. The van der Waals surface area contributed by atoms with Gasteiger partial charge in [0, 0.05) is 6.04 Å². The zero-order valence-corrected chi connectivity index (χ0v) is 10.2. The Kier molecular flexibility index (Phi) is 4.90. The highest BCUT2D eigenvalue weighted by Gasteiger charge is 2.23. The minimum absolute atomic E-state index is 0.731. The number of nitrogens with zero attached hydrogens (tertiary/aromatic N) is 1. The van der Waals surface area contributed by atoms with Gasteiger partial charge in [0.15, 0.2) is 0 Å². The van der Waals surface area contributed by atoms with E-state index in [-0.39, 0.29) is 0 Å². The number of rotatable bonds is 4. The van der Waals surface area contributed by atoms with E-state index in [1.165, 1.54) is 25.9 Å². The first kappa shape index (κ1) is 12.0. The molecule has 2 heteroatoms. The second kappa shape index (κ2) is 5.72. The summed E-state index contributed by atoms with van der Waals surface area (Å²) in [5.74, 6) is 1.70. The molecule has 1 aliphatic heterocycles. The summed E-state index contributed by atoms with van der Waals surface area (Å²) >= 11 is 0. The lowest BCUT2D eigenvalue weighted by Gasteiger charge is -2.37. The molecule has 0 aromatic rings. The molecule has 0 aromatic carbocycles. The molecule has 0 aliphatic carbocycles. The Balaban J connectivity index is 2.33. The zero-order valence-electron chi connectivity index (χ0n) is 10.2. The molecule has 0 aromatic heterocycles. The minimum Gasteiger partial charge on any atom is -0.319 e. The van der Waals surface area contributed by atoms with Crippen LogP contribution in [0.15, 0.2) is 0 Å². The number of piperidine rings is 1. The van der Waals surface area contributed by atoms with Crippen molar-refractivity contribution in [1.29, 1.82) is 0 Å². The highest BCUT2D eigenvalue weighted by molar-refractivity contribution is 4.78. The average molecular weight is 198 g/mol. The van der Waals surface area contributed by atoms with Crippen molar-refractivity contribution in [3.8, 4) is 0 Å². The molecule has 0 radical (unpaired) electrons. The second-order valence-electron chi connectivity index (χ2n) is 4.99. The van der Waals surface area contributed by atoms with E-state index in [0.29, 0.717) is 0 Å². The monoisotopic (exact) mass is 198 g/mol. The van der Waals surface area contributed by atoms with Crippen molar-refractivity contribution in [2.45, 2.75) is 39.7 Å². The first-order chi connectivity index (χ1) is 6.65. The Morgan fingerprint density at radius 2 is 1.86 bits per heavy atom. The van der Waals surface area contributed by atoms with Gasteiger partial charge in [-0.1, -0.05) is 13.8 Å². The van der Waals surface area contributed by atoms with Gasteiger partial charge in [-0.05, 0) is 58.3 Å². The molecule has 0 saturated carbocycles. The standard InChI is InChI=1S/C12H26N2/c1-10-5-7-14(8-6-10)12(3)11(2)9-13-4/h10-13H,5-9H2,1-4H3. The lowest BCUT2D eigenvalue weighted by atomic mass is 9.94. The molecule has 2 nitrogen and oxygen atoms in total. The van der Waals surface area contributed by atoms with E-state index < -0.39 is 0 Å². The summed E-state index contributed by atoms with van der Waals surface area (Å²) in [6.07, 6.45) is 2.77. The quantitative estimate of drug-likeness (QED) is 0.743. The van der Waals surface area contributed by atoms with Crippen molar-refractivity contribution < 1.29 is 0 Å². The normalized spacial score (nSPS) is 24.9. The van der Waals surface area contributed by atoms with Gasteiger partial charge >= 0.3 is 0 Å². The number of nitrogens with one attached hydrogen (secondary N) is 1. The van der Waals surface area contributed by atoms with Crippen LogP contribution >= 0.6 is 0 Å². The fraction of sp³-hybridized carbons (Fsp3) is 1.00. The highest BCUT2D eigenvalue weighted by atomic mass is 15.2. The van der Waals surface area contributed by atoms with Crippen molar-refractivity contribution in [3.05, 3.63) is 0 Å². The molecule has 1 fully saturated rings. The predicted octanol–water partition coefficient (Wildman–Crippen LogP) is 1.96. The van der Waals surface area contributed by atoms with Gasteiger partial charge in [-0.2, -0.15) is 0 Å². The summed E-state index contributed by atoms with van der Waals surface area (Å²) in [4.78, 5) is 2.65. The van der Waals surface area contributed by atoms with Crippen LogP contribution in [0.2, 0.25) is 0 Å². The van der Waals surface area contributed by atoms with Crippen LogP contribution in [0.3, 0.4) is 0 Å². The van der Waals surface area contributed by atoms with E-state index in [0.717, 1.165) is 24.4 Å². The molecule has 0 amide bonds. The summed E-state index contributed by atoms with van der Waals surface area (Å²) in [5.41, 5.74) is 0. The Bertz CT molecular complexity index is 150. The third kappa shape index (κ3) is 3.25. The molecule has 14 heavy (non-hydrogen) atoms. The van der Waals surface area contributed by atoms with Gasteiger partial charge in [0.05, 0.1) is 0 Å². The fourth-order valence-electron chi connectivity index (χ4n) is 2.29. The minimum atomic E-state index is 0.731. The fourth-order valence-corrected chi connectivity index (χ4v) is 2.29. The molecule has 2 unspecified atom stereocenters. The van der Waals surface area contributed by atoms with Crippen LogP contribution in [-0.4, -0.2) is 37.6 Å². The molecule has 1 aliphatic rings. The van der Waals surface area contributed by atoms with Crippen molar-refractivity contribution in [2.75, 3.05) is 26.7 Å². The summed E-state index contributed by atoms with van der Waals surface area (Å²) in [7, 11) is 2.04. The van der Waals surface area contributed by atoms with E-state index in [9.17, 15) is 0 Å². The lowest BCUT2D eigenvalue weighted by Crippen LogP contribution is -2.44. The Labute approximate surface area is 89.1 Å². The molecule has 1 saturated heterocycles. The first-order valence-corrected chi connectivity index (χ1v) is 6.03. The van der Waals surface area contributed by atoms with Gasteiger partial charge in [-0.25, -0.2) is 0 Å². The van der Waals surface area contributed by atoms with Crippen LogP contribution < -0.4 is 5.32 Å². The highest BCUT2D eigenvalue weighted by Crippen LogP contribution is 2.20. The zero-order chi connectivity index (χ0) is 10.6. The molecular formula is C12H26N2. The molecule has 1 N–H and O–H groups in total. The largest absolute Gasteiger partial charge is 0.319 e. The van der Waals surface area contributed by atoms with Gasteiger partial charge in [0.25, 0.3) is 0 Å². The van der Waals surface area contributed by atoms with E-state index in [2.05, 4.69) is 31.0 Å². The van der Waals surface area contributed by atoms with Crippen LogP contribution in [-0.2, 0) is 0 Å². The van der Waals surface area contributed by atoms with Gasteiger partial charge in [0.1, 0.15) is 0 Å². The Morgan fingerprint density at radius 1 is 1.29 bits per heavy atom. The first-order valence-electron chi connectivity index (χ1n) is 6.03. The number of hydrogen-bond donors (Lipinski definition) is 1. The Morgan fingerprint density at radius 3 is 2.36 bits per heavy atom. The van der Waals surface area contributed by atoms with Crippen molar-refractivity contribution in [2.24, 2.45) is 11.8 Å². The van der Waals surface area contributed by atoms with E-state index in [1.807, 2.05) is 7.05 Å². The SMILES string of the molecule is CNCC(C)C(C)N1CCC(C)CC1. The van der Waals surface area contributed by atoms with Crippen LogP contribution in [0, 0.1) is 11.8 Å². The lowest BCUT2D eigenvalue weighted by molar-refractivity contribution is 0.114. The van der Waals surface area contributed by atoms with E-state index in [4.69, 9.17) is 0 Å². The van der Waals surface area contributed by atoms with Crippen LogP contribution in [0.25, 0.3) is 0 Å². The molecule has 1 heterocycles. The van der Waals surface area contributed by atoms with E-state index in [1.54, 1.807) is 0 Å². The maximum atomic E-state index is 3.27. The topological polar surface area (TPSA) is 15.3 Å². The van der Waals surface area contributed by atoms with Crippen LogP contribution in [0.4, 0.5) is 0 Å². The second-order valence-corrected chi connectivity index (χ2v) is 4.99. The maximum absolute atomic E-state index is 3.27. The Hall–Kier alpha value is -0.0800. The van der Waals surface area contributed by atoms with E-state index >= 15 is 0 Å². The average Bonchev–Trinajstić information content (AvgIpc) is 2.18. The third-order valence-electron chi connectivity index (χ3n) is 3.74. The molecule has 1 rings (SSSR count). The van der Waals surface area contributed by atoms with Crippen LogP contribution in [0.5, 0.6) is 0 Å². The van der Waals surface area contributed by atoms with Gasteiger partial charge in [-0.15, -0.1) is 0 Å². The molecule has 84 valence electrons. The maximum Gasteiger partial charge on any atom is 0.0105 e. The summed E-state index contributed by atoms with van der Waals surface area (Å²) < 4.78 is 0. The molecular weight excluding hydrogens is 172 g/mol. The van der Waals surface area contributed by atoms with Crippen molar-refractivity contribution in [3.63, 3.8) is 0 Å². The van der Waals surface area contributed by atoms with Crippen LogP contribution in [0.1, 0.15) is 33.6 Å².